The highest BCUT2D eigenvalue weighted by atomic mass is 16.5. The summed E-state index contributed by atoms with van der Waals surface area (Å²) in [5, 5.41) is 1.11. The van der Waals surface area contributed by atoms with E-state index in [4.69, 9.17) is 18.6 Å². The van der Waals surface area contributed by atoms with E-state index in [0.717, 1.165) is 50.5 Å². The van der Waals surface area contributed by atoms with E-state index in [-0.39, 0.29) is 0 Å². The van der Waals surface area contributed by atoms with Gasteiger partial charge in [0.25, 0.3) is 0 Å². The third kappa shape index (κ3) is 3.29. The van der Waals surface area contributed by atoms with Crippen molar-refractivity contribution in [2.45, 2.75) is 6.42 Å². The second-order valence-electron chi connectivity index (χ2n) is 6.52. The summed E-state index contributed by atoms with van der Waals surface area (Å²) in [4.78, 5) is 0. The van der Waals surface area contributed by atoms with E-state index in [2.05, 4.69) is 6.07 Å². The molecule has 0 saturated heterocycles. The zero-order chi connectivity index (χ0) is 19.5. The monoisotopic (exact) mass is 374 g/mol. The molecule has 3 aromatic carbocycles. The van der Waals surface area contributed by atoms with Crippen LogP contribution in [0.1, 0.15) is 11.1 Å². The van der Waals surface area contributed by atoms with Crippen LogP contribution >= 0.6 is 0 Å². The first kappa shape index (κ1) is 18.0. The number of furan rings is 1. The van der Waals surface area contributed by atoms with E-state index >= 15 is 0 Å². The van der Waals surface area contributed by atoms with Crippen LogP contribution in [0.5, 0.6) is 17.2 Å². The Morgan fingerprint density at radius 3 is 2.25 bits per heavy atom. The number of hydrogen-bond donors (Lipinski definition) is 0. The Kier molecular flexibility index (Phi) is 4.94. The molecule has 0 spiro atoms. The van der Waals surface area contributed by atoms with Crippen molar-refractivity contribution in [3.05, 3.63) is 78.1 Å². The Hall–Kier alpha value is -3.40. The van der Waals surface area contributed by atoms with Crippen LogP contribution in [-0.4, -0.2) is 21.3 Å². The van der Waals surface area contributed by atoms with Gasteiger partial charge in [0.2, 0.25) is 0 Å². The highest BCUT2D eigenvalue weighted by molar-refractivity contribution is 5.82. The largest absolute Gasteiger partial charge is 0.497 e. The molecule has 0 radical (unpaired) electrons. The van der Waals surface area contributed by atoms with Gasteiger partial charge in [-0.2, -0.15) is 0 Å². The Morgan fingerprint density at radius 1 is 0.786 bits per heavy atom. The Labute approximate surface area is 164 Å². The summed E-state index contributed by atoms with van der Waals surface area (Å²) in [5.74, 6) is 2.36. The Morgan fingerprint density at radius 2 is 1.54 bits per heavy atom. The van der Waals surface area contributed by atoms with Gasteiger partial charge in [-0.05, 0) is 35.4 Å². The predicted octanol–water partition coefficient (Wildman–Crippen LogP) is 5.72. The molecule has 0 fully saturated rings. The zero-order valence-electron chi connectivity index (χ0n) is 16.2. The summed E-state index contributed by atoms with van der Waals surface area (Å²) in [6.45, 7) is 0. The van der Waals surface area contributed by atoms with Crippen LogP contribution in [0.25, 0.3) is 22.1 Å². The van der Waals surface area contributed by atoms with E-state index in [9.17, 15) is 0 Å². The van der Waals surface area contributed by atoms with Gasteiger partial charge in [-0.25, -0.2) is 0 Å². The first-order valence-corrected chi connectivity index (χ1v) is 9.08. The maximum absolute atomic E-state index is 5.73. The smallest absolute Gasteiger partial charge is 0.134 e. The predicted molar refractivity (Wildman–Crippen MR) is 111 cm³/mol. The van der Waals surface area contributed by atoms with Crippen molar-refractivity contribution in [2.24, 2.45) is 0 Å². The molecule has 0 saturated carbocycles. The number of methoxy groups -OCH3 is 3. The molecule has 28 heavy (non-hydrogen) atoms. The van der Waals surface area contributed by atoms with Crippen LogP contribution in [0.3, 0.4) is 0 Å². The van der Waals surface area contributed by atoms with Crippen molar-refractivity contribution >= 4 is 11.0 Å². The molecule has 0 bridgehead atoms. The van der Waals surface area contributed by atoms with Crippen LogP contribution < -0.4 is 14.2 Å². The molecular formula is C24H22O4. The third-order valence-electron chi connectivity index (χ3n) is 4.97. The third-order valence-corrected chi connectivity index (χ3v) is 4.97. The van der Waals surface area contributed by atoms with Gasteiger partial charge >= 0.3 is 0 Å². The first-order valence-electron chi connectivity index (χ1n) is 9.08. The van der Waals surface area contributed by atoms with Crippen molar-refractivity contribution in [1.82, 2.24) is 0 Å². The molecule has 0 aliphatic carbocycles. The molecule has 0 unspecified atom stereocenters. The Bertz CT molecular complexity index is 1090. The lowest BCUT2D eigenvalue weighted by atomic mass is 9.93. The van der Waals surface area contributed by atoms with Gasteiger partial charge in [0.1, 0.15) is 22.8 Å². The van der Waals surface area contributed by atoms with Gasteiger partial charge in [-0.3, -0.25) is 0 Å². The number of hydrogen-bond acceptors (Lipinski definition) is 4. The summed E-state index contributed by atoms with van der Waals surface area (Å²) in [6, 6.07) is 20.0. The van der Waals surface area contributed by atoms with Crippen molar-refractivity contribution in [3.63, 3.8) is 0 Å². The fourth-order valence-corrected chi connectivity index (χ4v) is 3.49. The lowest BCUT2D eigenvalue weighted by Gasteiger charge is -2.16. The fourth-order valence-electron chi connectivity index (χ4n) is 3.49. The minimum atomic E-state index is 0.686. The zero-order valence-corrected chi connectivity index (χ0v) is 16.2. The van der Waals surface area contributed by atoms with Crippen LogP contribution in [0.15, 0.2) is 71.3 Å². The average molecular weight is 374 g/mol. The van der Waals surface area contributed by atoms with Gasteiger partial charge in [-0.15, -0.1) is 0 Å². The second kappa shape index (κ2) is 7.69. The number of rotatable bonds is 6. The lowest BCUT2D eigenvalue weighted by Crippen LogP contribution is -1.99. The van der Waals surface area contributed by atoms with Crippen molar-refractivity contribution in [3.8, 4) is 28.4 Å². The quantitative estimate of drug-likeness (QED) is 0.433. The molecule has 142 valence electrons. The minimum absolute atomic E-state index is 0.686. The molecule has 0 amide bonds. The molecule has 4 heteroatoms. The highest BCUT2D eigenvalue weighted by Crippen LogP contribution is 2.38. The van der Waals surface area contributed by atoms with E-state index in [1.807, 2.05) is 60.9 Å². The van der Waals surface area contributed by atoms with Gasteiger partial charge in [0.05, 0.1) is 27.6 Å². The number of ether oxygens (including phenoxy) is 3. The van der Waals surface area contributed by atoms with Crippen molar-refractivity contribution in [1.29, 1.82) is 0 Å². The number of benzene rings is 3. The molecule has 1 heterocycles. The Balaban J connectivity index is 1.86. The molecule has 0 N–H and O–H groups in total. The highest BCUT2D eigenvalue weighted by Gasteiger charge is 2.17. The lowest BCUT2D eigenvalue weighted by molar-refractivity contribution is 0.392. The van der Waals surface area contributed by atoms with E-state index in [1.165, 1.54) is 0 Å². The van der Waals surface area contributed by atoms with Gasteiger partial charge in [0, 0.05) is 29.0 Å². The summed E-state index contributed by atoms with van der Waals surface area (Å²) < 4.78 is 22.3. The first-order chi connectivity index (χ1) is 13.7. The molecule has 0 aliphatic rings. The van der Waals surface area contributed by atoms with Crippen LogP contribution in [0.4, 0.5) is 0 Å². The second-order valence-corrected chi connectivity index (χ2v) is 6.52. The van der Waals surface area contributed by atoms with E-state index < -0.39 is 0 Å². The topological polar surface area (TPSA) is 40.8 Å². The summed E-state index contributed by atoms with van der Waals surface area (Å²) in [6.07, 6.45) is 2.51. The standard InChI is InChI=1S/C24H22O4/c1-25-18-10-8-16(9-11-18)21-13-19(26-2)14-24(27-3)22(21)12-17-15-28-23-7-5-4-6-20(17)23/h4-11,13-15H,12H2,1-3H3. The summed E-state index contributed by atoms with van der Waals surface area (Å²) in [5.41, 5.74) is 5.22. The molecule has 1 aromatic heterocycles. The number of fused-ring (bicyclic) bond motifs is 1. The van der Waals surface area contributed by atoms with Gasteiger partial charge in [0.15, 0.2) is 0 Å². The fraction of sp³-hybridized carbons (Fsp3) is 0.167. The maximum atomic E-state index is 5.73. The molecule has 0 atom stereocenters. The SMILES string of the molecule is COc1ccc(-c2cc(OC)cc(OC)c2Cc2coc3ccccc23)cc1. The minimum Gasteiger partial charge on any atom is -0.497 e. The molecule has 4 aromatic rings. The van der Waals surface area contributed by atoms with Crippen LogP contribution in [-0.2, 0) is 6.42 Å². The maximum Gasteiger partial charge on any atom is 0.134 e. The summed E-state index contributed by atoms with van der Waals surface area (Å²) in [7, 11) is 5.01. The van der Waals surface area contributed by atoms with Crippen molar-refractivity contribution in [2.75, 3.05) is 21.3 Å². The van der Waals surface area contributed by atoms with Gasteiger partial charge < -0.3 is 18.6 Å². The average Bonchev–Trinajstić information content (AvgIpc) is 3.17. The summed E-state index contributed by atoms with van der Waals surface area (Å²) >= 11 is 0. The molecule has 0 aliphatic heterocycles. The molecule has 4 nitrogen and oxygen atoms in total. The van der Waals surface area contributed by atoms with Crippen molar-refractivity contribution < 1.29 is 18.6 Å². The molecule has 4 rings (SSSR count). The van der Waals surface area contributed by atoms with Crippen LogP contribution in [0.2, 0.25) is 0 Å². The normalized spacial score (nSPS) is 10.8. The van der Waals surface area contributed by atoms with Crippen LogP contribution in [0, 0.1) is 0 Å². The van der Waals surface area contributed by atoms with E-state index in [0.29, 0.717) is 6.42 Å². The number of para-hydroxylation sites is 1. The van der Waals surface area contributed by atoms with E-state index in [1.54, 1.807) is 21.3 Å². The molecular weight excluding hydrogens is 352 g/mol. The van der Waals surface area contributed by atoms with Gasteiger partial charge in [-0.1, -0.05) is 30.3 Å².